The second-order valence-corrected chi connectivity index (χ2v) is 5.12. The van der Waals surface area contributed by atoms with Gasteiger partial charge in [0.25, 0.3) is 5.88 Å². The Kier molecular flexibility index (Phi) is 2.82. The average molecular weight is 325 g/mol. The highest BCUT2D eigenvalue weighted by Gasteiger charge is 2.21. The number of nitrogens with zero attached hydrogens (tertiary/aromatic N) is 3. The molecule has 1 aromatic heterocycles. The summed E-state index contributed by atoms with van der Waals surface area (Å²) in [5.41, 5.74) is -3.21. The van der Waals surface area contributed by atoms with Crippen molar-refractivity contribution < 1.29 is 26.9 Å². The van der Waals surface area contributed by atoms with Crippen molar-refractivity contribution in [3.8, 4) is 5.88 Å². The third-order valence-electron chi connectivity index (χ3n) is 2.77. The molecular formula is C13H24N4O3S. The molecule has 1 atom stereocenters. The van der Waals surface area contributed by atoms with E-state index in [0.29, 0.717) is 32.1 Å². The van der Waals surface area contributed by atoms with Gasteiger partial charge in [-0.2, -0.15) is 4.37 Å². The van der Waals surface area contributed by atoms with Crippen LogP contribution in [0.5, 0.6) is 5.88 Å². The Morgan fingerprint density at radius 2 is 2.24 bits per heavy atom. The van der Waals surface area contributed by atoms with Gasteiger partial charge in [-0.1, -0.05) is 0 Å². The van der Waals surface area contributed by atoms with Crippen molar-refractivity contribution in [2.24, 2.45) is 0 Å². The largest absolute Gasteiger partial charge is 0.472 e. The quantitative estimate of drug-likeness (QED) is 0.788. The van der Waals surface area contributed by atoms with Gasteiger partial charge in [-0.25, -0.2) is 0 Å². The summed E-state index contributed by atoms with van der Waals surface area (Å²) in [6, 6.07) is 0. The zero-order chi connectivity index (χ0) is 22.8. The number of rotatable bonds is 6. The van der Waals surface area contributed by atoms with Crippen LogP contribution in [0.1, 0.15) is 32.9 Å². The first kappa shape index (κ1) is 8.05. The van der Waals surface area contributed by atoms with E-state index in [1.54, 1.807) is 0 Å². The van der Waals surface area contributed by atoms with Crippen LogP contribution in [0, 0.1) is 0 Å². The van der Waals surface area contributed by atoms with Crippen molar-refractivity contribution in [2.75, 3.05) is 44.4 Å². The van der Waals surface area contributed by atoms with Gasteiger partial charge in [0.2, 0.25) is 5.82 Å². The maximum absolute atomic E-state index is 10.2. The second kappa shape index (κ2) is 7.35. The van der Waals surface area contributed by atoms with Crippen molar-refractivity contribution in [1.29, 1.82) is 0 Å². The molecule has 2 heterocycles. The third-order valence-corrected chi connectivity index (χ3v) is 3.27. The van der Waals surface area contributed by atoms with Crippen LogP contribution in [-0.4, -0.2) is 65.0 Å². The molecule has 120 valence electrons. The van der Waals surface area contributed by atoms with E-state index in [9.17, 15) is 5.11 Å². The van der Waals surface area contributed by atoms with Gasteiger partial charge in [0.1, 0.15) is 12.7 Å². The normalized spacial score (nSPS) is 26.0. The van der Waals surface area contributed by atoms with E-state index >= 15 is 0 Å². The predicted molar refractivity (Wildman–Crippen MR) is 82.2 cm³/mol. The Morgan fingerprint density at radius 1 is 1.48 bits per heavy atom. The van der Waals surface area contributed by atoms with Gasteiger partial charge >= 0.3 is 0 Å². The molecule has 2 rings (SSSR count). The van der Waals surface area contributed by atoms with E-state index in [-0.39, 0.29) is 12.5 Å². The molecule has 0 aromatic carbocycles. The fraction of sp³-hybridized carbons (Fsp3) is 0.846. The minimum Gasteiger partial charge on any atom is -0.472 e. The van der Waals surface area contributed by atoms with E-state index < -0.39 is 38.7 Å². The number of hydrogen-bond donors (Lipinski definition) is 2. The summed E-state index contributed by atoms with van der Waals surface area (Å²) in [7, 11) is 0. The number of morpholine rings is 1. The highest BCUT2D eigenvalue weighted by molar-refractivity contribution is 6.99. The van der Waals surface area contributed by atoms with E-state index in [1.165, 1.54) is 0 Å². The molecule has 0 aliphatic carbocycles. The lowest BCUT2D eigenvalue weighted by molar-refractivity contribution is 0.0975. The minimum atomic E-state index is -3.40. The lowest BCUT2D eigenvalue weighted by atomic mass is 10.1. The molecule has 1 saturated heterocycles. The van der Waals surface area contributed by atoms with Crippen molar-refractivity contribution in [1.82, 2.24) is 14.1 Å². The van der Waals surface area contributed by atoms with E-state index in [4.69, 9.17) is 21.8 Å². The molecular weight excluding hydrogens is 292 g/mol. The number of hydrogen-bond acceptors (Lipinski definition) is 8. The summed E-state index contributed by atoms with van der Waals surface area (Å²) in [6.07, 6.45) is -1.41. The molecule has 0 amide bonds. The topological polar surface area (TPSA) is 79.7 Å². The number of ether oxygens (including phenoxy) is 2. The van der Waals surface area contributed by atoms with E-state index in [0.717, 1.165) is 11.7 Å². The molecule has 0 saturated carbocycles. The lowest BCUT2D eigenvalue weighted by Gasteiger charge is -2.27. The summed E-state index contributed by atoms with van der Waals surface area (Å²) in [5.74, 6) is 0.639. The first-order valence-corrected chi connectivity index (χ1v) is 7.15. The zero-order valence-corrected chi connectivity index (χ0v) is 12.2. The Bertz CT molecular complexity index is 653. The predicted octanol–water partition coefficient (Wildman–Crippen LogP) is 0.502. The van der Waals surface area contributed by atoms with Crippen molar-refractivity contribution in [3.63, 3.8) is 0 Å². The Hall–Kier alpha value is -0.960. The number of nitrogens with one attached hydrogen (secondary N) is 1. The molecule has 0 radical (unpaired) electrons. The van der Waals surface area contributed by atoms with Crippen LogP contribution < -0.4 is 15.0 Å². The Balaban J connectivity index is 2.05. The van der Waals surface area contributed by atoms with Crippen molar-refractivity contribution in [2.45, 2.75) is 32.2 Å². The van der Waals surface area contributed by atoms with Crippen molar-refractivity contribution >= 4 is 17.5 Å². The van der Waals surface area contributed by atoms with Gasteiger partial charge in [-0.3, -0.25) is 0 Å². The molecule has 1 fully saturated rings. The summed E-state index contributed by atoms with van der Waals surface area (Å²) < 4.78 is 86.9. The molecule has 1 aromatic rings. The summed E-state index contributed by atoms with van der Waals surface area (Å²) in [6.45, 7) is -9.00. The Labute approximate surface area is 142 Å². The summed E-state index contributed by atoms with van der Waals surface area (Å²) >= 11 is 0.911. The second-order valence-electron chi connectivity index (χ2n) is 4.59. The molecule has 8 heteroatoms. The van der Waals surface area contributed by atoms with Crippen LogP contribution in [-0.2, 0) is 4.74 Å². The van der Waals surface area contributed by atoms with Gasteiger partial charge in [0.05, 0.1) is 24.9 Å². The number of aliphatic hydroxyl groups is 1. The third kappa shape index (κ3) is 5.39. The molecule has 2 N–H and O–H groups in total. The maximum atomic E-state index is 10.2. The molecule has 21 heavy (non-hydrogen) atoms. The fourth-order valence-corrected chi connectivity index (χ4v) is 2.26. The smallest absolute Gasteiger partial charge is 0.270 e. The van der Waals surface area contributed by atoms with Crippen LogP contribution >= 0.6 is 11.7 Å². The summed E-state index contributed by atoms with van der Waals surface area (Å²) in [5, 5.41) is 12.3. The zero-order valence-electron chi connectivity index (χ0n) is 20.3. The number of β-amino-alcohol motifs (C(OH)–C–C–N with tert-alkyl or cyclic N) is 1. The van der Waals surface area contributed by atoms with E-state index in [2.05, 4.69) is 14.1 Å². The Morgan fingerprint density at radius 3 is 2.95 bits per heavy atom. The van der Waals surface area contributed by atoms with Gasteiger partial charge in [-0.05, 0) is 20.6 Å². The molecule has 0 spiro atoms. The highest BCUT2D eigenvalue weighted by atomic mass is 32.1. The first-order chi connectivity index (χ1) is 13.7. The molecule has 0 unspecified atom stereocenters. The van der Waals surface area contributed by atoms with E-state index in [1.807, 2.05) is 4.90 Å². The summed E-state index contributed by atoms with van der Waals surface area (Å²) in [4.78, 5) is 1.90. The number of aliphatic hydroxyl groups excluding tert-OH is 1. The SMILES string of the molecule is [2H]C([2H])([2H])C(NC[C@@H](O)COc1nsnc1N1CCOCC1)(C([2H])([2H])[2H])C([2H])([2H])[2H]. The van der Waals surface area contributed by atoms with Crippen molar-refractivity contribution in [3.05, 3.63) is 0 Å². The van der Waals surface area contributed by atoms with Crippen LogP contribution in [0.15, 0.2) is 0 Å². The molecule has 7 nitrogen and oxygen atoms in total. The molecule has 0 bridgehead atoms. The number of aromatic nitrogens is 2. The number of anilines is 1. The highest BCUT2D eigenvalue weighted by Crippen LogP contribution is 2.26. The maximum Gasteiger partial charge on any atom is 0.270 e. The van der Waals surface area contributed by atoms with Crippen LogP contribution in [0.3, 0.4) is 0 Å². The van der Waals surface area contributed by atoms with Crippen LogP contribution in [0.4, 0.5) is 5.82 Å². The monoisotopic (exact) mass is 325 g/mol. The van der Waals surface area contributed by atoms with Gasteiger partial charge in [0, 0.05) is 37.5 Å². The average Bonchev–Trinajstić information content (AvgIpc) is 3.06. The van der Waals surface area contributed by atoms with Crippen LogP contribution in [0.25, 0.3) is 0 Å². The fourth-order valence-electron chi connectivity index (χ4n) is 1.74. The minimum absolute atomic E-state index is 0.162. The van der Waals surface area contributed by atoms with Gasteiger partial charge in [0.15, 0.2) is 0 Å². The first-order valence-electron chi connectivity index (χ1n) is 10.9. The molecule has 1 aliphatic rings. The van der Waals surface area contributed by atoms with Gasteiger partial charge < -0.3 is 24.8 Å². The van der Waals surface area contributed by atoms with Crippen LogP contribution in [0.2, 0.25) is 0 Å². The standard InChI is InChI=1S/C13H24N4O3S/c1-13(2,3)14-8-10(18)9-20-12-11(15-21-16-12)17-4-6-19-7-5-17/h10,14,18H,4-9H2,1-3H3/t10-/m1/s1/i1D3,2D3,3D3. The van der Waals surface area contributed by atoms with Gasteiger partial charge in [-0.15, -0.1) is 4.37 Å². The lowest BCUT2D eigenvalue weighted by Crippen LogP contribution is -2.42. The molecule has 1 aliphatic heterocycles.